The van der Waals surface area contributed by atoms with E-state index in [1.54, 1.807) is 56.2 Å². The van der Waals surface area contributed by atoms with Crippen molar-refractivity contribution in [2.75, 3.05) is 17.3 Å². The van der Waals surface area contributed by atoms with Gasteiger partial charge in [-0.1, -0.05) is 18.2 Å². The van der Waals surface area contributed by atoms with E-state index >= 15 is 0 Å². The van der Waals surface area contributed by atoms with Crippen LogP contribution in [0.15, 0.2) is 90.3 Å². The van der Waals surface area contributed by atoms with E-state index in [4.69, 9.17) is 4.74 Å². The average molecular weight is 464 g/mol. The molecule has 9 nitrogen and oxygen atoms in total. The Morgan fingerprint density at radius 1 is 0.939 bits per heavy atom. The van der Waals surface area contributed by atoms with Crippen molar-refractivity contribution in [3.05, 3.63) is 91.0 Å². The molecule has 1 aromatic carbocycles. The number of nitrogens with one attached hydrogen (secondary N) is 1. The molecule has 0 saturated carbocycles. The Kier molecular flexibility index (Phi) is 6.48. The first-order valence-electron chi connectivity index (χ1n) is 9.91. The van der Waals surface area contributed by atoms with Crippen molar-refractivity contribution in [1.82, 2.24) is 15.0 Å². The van der Waals surface area contributed by atoms with Gasteiger partial charge in [0.15, 0.2) is 0 Å². The summed E-state index contributed by atoms with van der Waals surface area (Å²) in [4.78, 5) is 14.7. The van der Waals surface area contributed by atoms with E-state index < -0.39 is 10.1 Å². The van der Waals surface area contributed by atoms with Gasteiger partial charge >= 0.3 is 0 Å². The predicted molar refractivity (Wildman–Crippen MR) is 125 cm³/mol. The lowest BCUT2D eigenvalue weighted by atomic mass is 10.2. The Morgan fingerprint density at radius 2 is 1.73 bits per heavy atom. The van der Waals surface area contributed by atoms with Gasteiger partial charge in [-0.25, -0.2) is 9.97 Å². The Hall–Kier alpha value is -4.02. The summed E-state index contributed by atoms with van der Waals surface area (Å²) in [6.45, 7) is 0.379. The van der Waals surface area contributed by atoms with Crippen molar-refractivity contribution in [3.8, 4) is 5.88 Å². The number of methoxy groups -OCH3 is 1. The molecule has 0 amide bonds. The summed E-state index contributed by atoms with van der Waals surface area (Å²) in [5.41, 5.74) is 2.64. The van der Waals surface area contributed by atoms with Crippen LogP contribution in [0.2, 0.25) is 0 Å². The third-order valence-corrected chi connectivity index (χ3v) is 5.75. The van der Waals surface area contributed by atoms with Crippen molar-refractivity contribution in [2.45, 2.75) is 11.4 Å². The Balaban J connectivity index is 1.72. The maximum absolute atomic E-state index is 11.8. The Morgan fingerprint density at radius 3 is 2.42 bits per heavy atom. The zero-order chi connectivity index (χ0) is 23.3. The summed E-state index contributed by atoms with van der Waals surface area (Å²) in [5, 5.41) is 3.05. The SMILES string of the molecule is COc1ccc(N(Cc2cccnc2Nc2ccccc2S(=O)(=O)O)c2cccnc2)cn1. The van der Waals surface area contributed by atoms with Crippen molar-refractivity contribution in [2.24, 2.45) is 0 Å². The molecule has 3 heterocycles. The van der Waals surface area contributed by atoms with Crippen LogP contribution in [0.5, 0.6) is 5.88 Å². The molecular weight excluding hydrogens is 442 g/mol. The molecule has 33 heavy (non-hydrogen) atoms. The summed E-state index contributed by atoms with van der Waals surface area (Å²) in [6.07, 6.45) is 6.73. The largest absolute Gasteiger partial charge is 0.481 e. The zero-order valence-corrected chi connectivity index (χ0v) is 18.5. The van der Waals surface area contributed by atoms with Crippen LogP contribution in [0.25, 0.3) is 0 Å². The van der Waals surface area contributed by atoms with Crippen LogP contribution in [-0.4, -0.2) is 35.0 Å². The molecule has 4 aromatic rings. The van der Waals surface area contributed by atoms with Crippen LogP contribution < -0.4 is 15.0 Å². The Labute approximate surface area is 191 Å². The fraction of sp³-hybridized carbons (Fsp3) is 0.0870. The molecule has 0 saturated heterocycles. The normalized spacial score (nSPS) is 11.1. The minimum absolute atomic E-state index is 0.221. The number of aromatic nitrogens is 3. The third-order valence-electron chi connectivity index (χ3n) is 4.84. The van der Waals surface area contributed by atoms with Gasteiger partial charge in [-0.3, -0.25) is 9.54 Å². The molecule has 0 radical (unpaired) electrons. The fourth-order valence-corrected chi connectivity index (χ4v) is 3.92. The monoisotopic (exact) mass is 463 g/mol. The molecule has 10 heteroatoms. The van der Waals surface area contributed by atoms with Gasteiger partial charge in [0.1, 0.15) is 10.7 Å². The molecule has 3 aromatic heterocycles. The highest BCUT2D eigenvalue weighted by molar-refractivity contribution is 7.86. The van der Waals surface area contributed by atoms with E-state index in [0.717, 1.165) is 16.9 Å². The zero-order valence-electron chi connectivity index (χ0n) is 17.7. The molecule has 4 rings (SSSR count). The van der Waals surface area contributed by atoms with Gasteiger partial charge in [-0.2, -0.15) is 8.42 Å². The lowest BCUT2D eigenvalue weighted by Gasteiger charge is -2.25. The smallest absolute Gasteiger partial charge is 0.296 e. The number of hydrogen-bond acceptors (Lipinski definition) is 8. The summed E-state index contributed by atoms with van der Waals surface area (Å²) >= 11 is 0. The number of anilines is 4. The van der Waals surface area contributed by atoms with Gasteiger partial charge in [-0.15, -0.1) is 0 Å². The number of pyridine rings is 3. The van der Waals surface area contributed by atoms with Gasteiger partial charge in [0.25, 0.3) is 10.1 Å². The molecule has 0 fully saturated rings. The van der Waals surface area contributed by atoms with Crippen LogP contribution in [-0.2, 0) is 16.7 Å². The molecule has 0 unspecified atom stereocenters. The standard InChI is InChI=1S/C23H21N5O4S/c1-32-22-11-10-19(15-26-22)28(18-7-5-12-24-14-18)16-17-6-4-13-25-23(17)27-20-8-2-3-9-21(20)33(29,30)31/h2-15H,16H2,1H3,(H,25,27)(H,29,30,31). The first kappa shape index (κ1) is 22.2. The molecule has 2 N–H and O–H groups in total. The van der Waals surface area contributed by atoms with Crippen molar-refractivity contribution >= 4 is 33.0 Å². The van der Waals surface area contributed by atoms with E-state index in [1.165, 1.54) is 12.1 Å². The van der Waals surface area contributed by atoms with E-state index in [2.05, 4.69) is 20.3 Å². The van der Waals surface area contributed by atoms with Crippen molar-refractivity contribution < 1.29 is 17.7 Å². The first-order chi connectivity index (χ1) is 16.0. The van der Waals surface area contributed by atoms with Crippen molar-refractivity contribution in [1.29, 1.82) is 0 Å². The molecule has 0 atom stereocenters. The summed E-state index contributed by atoms with van der Waals surface area (Å²) in [6, 6.07) is 17.2. The predicted octanol–water partition coefficient (Wildman–Crippen LogP) is 4.21. The molecular formula is C23H21N5O4S. The molecule has 0 spiro atoms. The van der Waals surface area contributed by atoms with E-state index in [-0.39, 0.29) is 10.6 Å². The molecule has 0 aliphatic rings. The third kappa shape index (κ3) is 5.25. The summed E-state index contributed by atoms with van der Waals surface area (Å²) < 4.78 is 38.3. The van der Waals surface area contributed by atoms with E-state index in [0.29, 0.717) is 18.2 Å². The highest BCUT2D eigenvalue weighted by Gasteiger charge is 2.18. The number of benzene rings is 1. The van der Waals surface area contributed by atoms with Gasteiger partial charge in [0, 0.05) is 24.0 Å². The second-order valence-corrected chi connectivity index (χ2v) is 8.35. The lowest BCUT2D eigenvalue weighted by Crippen LogP contribution is -2.18. The minimum Gasteiger partial charge on any atom is -0.481 e. The van der Waals surface area contributed by atoms with Crippen molar-refractivity contribution in [3.63, 3.8) is 0 Å². The first-order valence-corrected chi connectivity index (χ1v) is 11.3. The Bertz CT molecular complexity index is 1330. The van der Waals surface area contributed by atoms with Gasteiger partial charge in [0.05, 0.1) is 43.1 Å². The summed E-state index contributed by atoms with van der Waals surface area (Å²) in [5.74, 6) is 0.944. The van der Waals surface area contributed by atoms with Crippen LogP contribution in [0, 0.1) is 0 Å². The maximum atomic E-state index is 11.8. The molecule has 168 valence electrons. The number of para-hydroxylation sites is 1. The van der Waals surface area contributed by atoms with Crippen LogP contribution in [0.3, 0.4) is 0 Å². The molecule has 0 aliphatic heterocycles. The van der Waals surface area contributed by atoms with Gasteiger partial charge in [-0.05, 0) is 36.4 Å². The lowest BCUT2D eigenvalue weighted by molar-refractivity contribution is 0.398. The molecule has 0 aliphatic carbocycles. The van der Waals surface area contributed by atoms with Crippen LogP contribution >= 0.6 is 0 Å². The van der Waals surface area contributed by atoms with Crippen LogP contribution in [0.4, 0.5) is 22.9 Å². The molecule has 0 bridgehead atoms. The second-order valence-electron chi connectivity index (χ2n) is 6.96. The highest BCUT2D eigenvalue weighted by atomic mass is 32.2. The quantitative estimate of drug-likeness (QED) is 0.371. The maximum Gasteiger partial charge on any atom is 0.296 e. The minimum atomic E-state index is -4.41. The number of rotatable bonds is 8. The van der Waals surface area contributed by atoms with Gasteiger partial charge in [0.2, 0.25) is 5.88 Å². The van der Waals surface area contributed by atoms with E-state index in [1.807, 2.05) is 29.2 Å². The summed E-state index contributed by atoms with van der Waals surface area (Å²) in [7, 11) is -2.86. The van der Waals surface area contributed by atoms with Gasteiger partial charge < -0.3 is 15.0 Å². The number of ether oxygens (including phenoxy) is 1. The highest BCUT2D eigenvalue weighted by Crippen LogP contribution is 2.31. The number of hydrogen-bond donors (Lipinski definition) is 2. The fourth-order valence-electron chi connectivity index (χ4n) is 3.27. The average Bonchev–Trinajstić information content (AvgIpc) is 2.84. The van der Waals surface area contributed by atoms with E-state index in [9.17, 15) is 13.0 Å². The number of nitrogens with zero attached hydrogens (tertiary/aromatic N) is 4. The topological polar surface area (TPSA) is 118 Å². The second kappa shape index (κ2) is 9.63. The van der Waals surface area contributed by atoms with Crippen LogP contribution in [0.1, 0.15) is 5.56 Å².